The van der Waals surface area contributed by atoms with Crippen LogP contribution in [0.3, 0.4) is 0 Å². The van der Waals surface area contributed by atoms with Crippen LogP contribution in [0.1, 0.15) is 5.69 Å². The third kappa shape index (κ3) is 1.42. The molecule has 2 N–H and O–H groups in total. The Labute approximate surface area is 81.9 Å². The second-order valence-corrected chi connectivity index (χ2v) is 2.96. The fourth-order valence-corrected chi connectivity index (χ4v) is 1.27. The smallest absolute Gasteiger partial charge is 0.115 e. The van der Waals surface area contributed by atoms with E-state index in [1.807, 2.05) is 13.0 Å². The molecule has 0 saturated carbocycles. The lowest BCUT2D eigenvalue weighted by atomic mass is 10.1. The van der Waals surface area contributed by atoms with Crippen LogP contribution in [-0.2, 0) is 0 Å². The maximum atomic E-state index is 5.80. The van der Waals surface area contributed by atoms with Crippen molar-refractivity contribution in [2.75, 3.05) is 5.73 Å². The van der Waals surface area contributed by atoms with Crippen molar-refractivity contribution in [3.8, 4) is 11.3 Å². The molecule has 14 heavy (non-hydrogen) atoms. The Bertz CT molecular complexity index is 410. The van der Waals surface area contributed by atoms with Gasteiger partial charge in [-0.3, -0.25) is 4.98 Å². The van der Waals surface area contributed by atoms with Gasteiger partial charge in [-0.1, -0.05) is 0 Å². The summed E-state index contributed by atoms with van der Waals surface area (Å²) < 4.78 is 0. The van der Waals surface area contributed by atoms with E-state index in [2.05, 4.69) is 15.0 Å². The number of rotatable bonds is 1. The third-order valence-electron chi connectivity index (χ3n) is 2.01. The molecular weight excluding hydrogens is 176 g/mol. The van der Waals surface area contributed by atoms with E-state index in [1.54, 1.807) is 18.5 Å². The van der Waals surface area contributed by atoms with Gasteiger partial charge in [0.15, 0.2) is 0 Å². The van der Waals surface area contributed by atoms with Gasteiger partial charge in [-0.15, -0.1) is 0 Å². The van der Waals surface area contributed by atoms with E-state index in [9.17, 15) is 0 Å². The Morgan fingerprint density at radius 2 is 2.14 bits per heavy atom. The topological polar surface area (TPSA) is 64.7 Å². The second kappa shape index (κ2) is 3.41. The Morgan fingerprint density at radius 3 is 2.86 bits per heavy atom. The van der Waals surface area contributed by atoms with Crippen LogP contribution in [0.25, 0.3) is 11.3 Å². The van der Waals surface area contributed by atoms with Crippen molar-refractivity contribution in [2.24, 2.45) is 0 Å². The Kier molecular flexibility index (Phi) is 2.10. The molecule has 0 amide bonds. The molecule has 0 spiro atoms. The molecule has 0 radical (unpaired) electrons. The largest absolute Gasteiger partial charge is 0.397 e. The molecule has 0 aliphatic carbocycles. The van der Waals surface area contributed by atoms with Crippen molar-refractivity contribution in [1.29, 1.82) is 0 Å². The van der Waals surface area contributed by atoms with E-state index in [0.29, 0.717) is 5.69 Å². The zero-order chi connectivity index (χ0) is 9.97. The summed E-state index contributed by atoms with van der Waals surface area (Å²) in [6, 6.07) is 3.62. The average molecular weight is 186 g/mol. The van der Waals surface area contributed by atoms with Gasteiger partial charge in [-0.2, -0.15) is 0 Å². The third-order valence-corrected chi connectivity index (χ3v) is 2.01. The number of nitrogen functional groups attached to an aromatic ring is 1. The first kappa shape index (κ1) is 8.62. The SMILES string of the molecule is Cc1ncncc1-c1ncccc1N. The van der Waals surface area contributed by atoms with Crippen LogP contribution < -0.4 is 5.73 Å². The van der Waals surface area contributed by atoms with Crippen LogP contribution in [0, 0.1) is 6.92 Å². The lowest BCUT2D eigenvalue weighted by Gasteiger charge is -2.05. The zero-order valence-corrected chi connectivity index (χ0v) is 7.81. The predicted octanol–water partition coefficient (Wildman–Crippen LogP) is 1.43. The quantitative estimate of drug-likeness (QED) is 0.731. The van der Waals surface area contributed by atoms with Gasteiger partial charge in [0, 0.05) is 18.0 Å². The Morgan fingerprint density at radius 1 is 1.29 bits per heavy atom. The molecule has 0 atom stereocenters. The number of hydrogen-bond donors (Lipinski definition) is 1. The van der Waals surface area contributed by atoms with E-state index in [-0.39, 0.29) is 0 Å². The fourth-order valence-electron chi connectivity index (χ4n) is 1.27. The highest BCUT2D eigenvalue weighted by Gasteiger charge is 2.06. The van der Waals surface area contributed by atoms with Crippen molar-refractivity contribution in [2.45, 2.75) is 6.92 Å². The normalized spacial score (nSPS) is 10.1. The minimum absolute atomic E-state index is 0.644. The first-order valence-corrected chi connectivity index (χ1v) is 4.26. The summed E-state index contributed by atoms with van der Waals surface area (Å²) in [5, 5.41) is 0. The number of anilines is 1. The van der Waals surface area contributed by atoms with Crippen molar-refractivity contribution in [3.05, 3.63) is 36.5 Å². The van der Waals surface area contributed by atoms with Crippen LogP contribution in [0.2, 0.25) is 0 Å². The number of nitrogens with two attached hydrogens (primary N) is 1. The highest BCUT2D eigenvalue weighted by Crippen LogP contribution is 2.23. The van der Waals surface area contributed by atoms with Crippen LogP contribution in [0.15, 0.2) is 30.9 Å². The van der Waals surface area contributed by atoms with Gasteiger partial charge in [-0.05, 0) is 19.1 Å². The summed E-state index contributed by atoms with van der Waals surface area (Å²) in [7, 11) is 0. The summed E-state index contributed by atoms with van der Waals surface area (Å²) in [5.41, 5.74) is 8.95. The summed E-state index contributed by atoms with van der Waals surface area (Å²) in [4.78, 5) is 12.3. The summed E-state index contributed by atoms with van der Waals surface area (Å²) in [6.45, 7) is 1.91. The maximum absolute atomic E-state index is 5.80. The minimum Gasteiger partial charge on any atom is -0.397 e. The average Bonchev–Trinajstić information content (AvgIpc) is 2.20. The highest BCUT2D eigenvalue weighted by molar-refractivity contribution is 5.72. The second-order valence-electron chi connectivity index (χ2n) is 2.96. The van der Waals surface area contributed by atoms with Crippen molar-refractivity contribution in [1.82, 2.24) is 15.0 Å². The van der Waals surface area contributed by atoms with Crippen LogP contribution in [0.4, 0.5) is 5.69 Å². The maximum Gasteiger partial charge on any atom is 0.115 e. The van der Waals surface area contributed by atoms with Crippen molar-refractivity contribution >= 4 is 5.69 Å². The molecule has 0 aliphatic rings. The van der Waals surface area contributed by atoms with E-state index < -0.39 is 0 Å². The summed E-state index contributed by atoms with van der Waals surface area (Å²) >= 11 is 0. The molecule has 4 nitrogen and oxygen atoms in total. The van der Waals surface area contributed by atoms with Gasteiger partial charge in [0.2, 0.25) is 0 Å². The van der Waals surface area contributed by atoms with E-state index >= 15 is 0 Å². The number of hydrogen-bond acceptors (Lipinski definition) is 4. The summed E-state index contributed by atoms with van der Waals surface area (Å²) in [6.07, 6.45) is 4.94. The van der Waals surface area contributed by atoms with Crippen LogP contribution >= 0.6 is 0 Å². The van der Waals surface area contributed by atoms with Gasteiger partial charge in [0.05, 0.1) is 17.1 Å². The van der Waals surface area contributed by atoms with Gasteiger partial charge >= 0.3 is 0 Å². The molecule has 0 fully saturated rings. The minimum atomic E-state index is 0.644. The Balaban J connectivity index is 2.61. The molecule has 2 aromatic rings. The Hall–Kier alpha value is -1.97. The zero-order valence-electron chi connectivity index (χ0n) is 7.81. The standard InChI is InChI=1S/C10H10N4/c1-7-8(5-12-6-14-7)10-9(11)3-2-4-13-10/h2-6H,11H2,1H3. The molecule has 2 rings (SSSR count). The van der Waals surface area contributed by atoms with Crippen molar-refractivity contribution < 1.29 is 0 Å². The number of pyridine rings is 1. The van der Waals surface area contributed by atoms with Gasteiger partial charge < -0.3 is 5.73 Å². The van der Waals surface area contributed by atoms with Crippen LogP contribution in [0.5, 0.6) is 0 Å². The monoisotopic (exact) mass is 186 g/mol. The lowest BCUT2D eigenvalue weighted by Crippen LogP contribution is -1.96. The lowest BCUT2D eigenvalue weighted by molar-refractivity contribution is 1.10. The molecule has 2 heterocycles. The molecule has 0 saturated heterocycles. The van der Waals surface area contributed by atoms with Crippen molar-refractivity contribution in [3.63, 3.8) is 0 Å². The molecule has 2 aromatic heterocycles. The fraction of sp³-hybridized carbons (Fsp3) is 0.100. The van der Waals surface area contributed by atoms with E-state index in [4.69, 9.17) is 5.73 Å². The predicted molar refractivity (Wildman–Crippen MR) is 54.4 cm³/mol. The number of nitrogens with zero attached hydrogens (tertiary/aromatic N) is 3. The van der Waals surface area contributed by atoms with E-state index in [1.165, 1.54) is 6.33 Å². The first-order chi connectivity index (χ1) is 6.79. The molecule has 0 bridgehead atoms. The molecule has 0 unspecified atom stereocenters. The van der Waals surface area contributed by atoms with Gasteiger partial charge in [-0.25, -0.2) is 9.97 Å². The van der Waals surface area contributed by atoms with E-state index in [0.717, 1.165) is 17.0 Å². The van der Waals surface area contributed by atoms with Crippen LogP contribution in [-0.4, -0.2) is 15.0 Å². The highest BCUT2D eigenvalue weighted by atomic mass is 14.8. The van der Waals surface area contributed by atoms with Gasteiger partial charge in [0.25, 0.3) is 0 Å². The molecule has 0 aliphatic heterocycles. The number of aryl methyl sites for hydroxylation is 1. The first-order valence-electron chi connectivity index (χ1n) is 4.26. The molecule has 4 heteroatoms. The summed E-state index contributed by atoms with van der Waals surface area (Å²) in [5.74, 6) is 0. The number of aromatic nitrogens is 3. The van der Waals surface area contributed by atoms with Gasteiger partial charge in [0.1, 0.15) is 6.33 Å². The molecular formula is C10H10N4. The molecule has 70 valence electrons. The molecule has 0 aromatic carbocycles.